The van der Waals surface area contributed by atoms with Crippen LogP contribution in [0.1, 0.15) is 15.9 Å². The fourth-order valence-electron chi connectivity index (χ4n) is 4.03. The summed E-state index contributed by atoms with van der Waals surface area (Å²) in [5.41, 5.74) is 2.09. The van der Waals surface area contributed by atoms with Gasteiger partial charge in [-0.25, -0.2) is 0 Å². The van der Waals surface area contributed by atoms with Crippen molar-refractivity contribution in [1.29, 1.82) is 0 Å². The molecule has 1 heterocycles. The number of hydrogen-bond acceptors (Lipinski definition) is 7. The van der Waals surface area contributed by atoms with Gasteiger partial charge in [0.2, 0.25) is 6.79 Å². The second-order valence-corrected chi connectivity index (χ2v) is 7.44. The van der Waals surface area contributed by atoms with E-state index >= 15 is 0 Å². The minimum atomic E-state index is -0.389. The number of aliphatic hydroxyl groups excluding tert-OH is 1. The molecule has 1 aliphatic heterocycles. The smallest absolute Gasteiger partial charge is 0.254 e. The van der Waals surface area contributed by atoms with E-state index in [0.29, 0.717) is 56.2 Å². The number of carbonyl (C=O) groups is 1. The molecule has 3 aromatic carbocycles. The number of amides is 1. The quantitative estimate of drug-likeness (QED) is 0.629. The van der Waals surface area contributed by atoms with Crippen LogP contribution < -0.4 is 23.7 Å². The van der Waals surface area contributed by atoms with Crippen molar-refractivity contribution in [2.75, 3.05) is 42.2 Å². The van der Waals surface area contributed by atoms with Crippen LogP contribution in [0, 0.1) is 0 Å². The highest BCUT2D eigenvalue weighted by Crippen LogP contribution is 2.47. The zero-order chi connectivity index (χ0) is 23.0. The van der Waals surface area contributed by atoms with E-state index in [9.17, 15) is 9.90 Å². The maximum absolute atomic E-state index is 13.4. The van der Waals surface area contributed by atoms with Crippen LogP contribution in [-0.4, -0.2) is 58.1 Å². The van der Waals surface area contributed by atoms with Crippen LogP contribution >= 0.6 is 0 Å². The van der Waals surface area contributed by atoms with Crippen molar-refractivity contribution in [1.82, 2.24) is 4.90 Å². The molecule has 8 heteroatoms. The molecule has 0 aromatic heterocycles. The standard InChI is InChI=1S/C24H25NO7/c1-25(2)24(27)22-16(11-26)23(30-5)15-10-19(29-4)18(28-3)9-14(15)21(22)13-6-7-17-20(8-13)32-12-31-17/h6-10,26H,11-12H2,1-5H3. The lowest BCUT2D eigenvalue weighted by Gasteiger charge is -2.23. The Balaban J connectivity index is 2.20. The maximum Gasteiger partial charge on any atom is 0.254 e. The monoisotopic (exact) mass is 439 g/mol. The predicted octanol–water partition coefficient (Wildman–Crippen LogP) is 3.46. The third-order valence-corrected chi connectivity index (χ3v) is 5.51. The number of ether oxygens (including phenoxy) is 5. The molecule has 1 aliphatic rings. The van der Waals surface area contributed by atoms with Gasteiger partial charge in [-0.1, -0.05) is 6.07 Å². The molecule has 0 atom stereocenters. The minimum Gasteiger partial charge on any atom is -0.496 e. The van der Waals surface area contributed by atoms with Crippen LogP contribution in [0.5, 0.6) is 28.7 Å². The van der Waals surface area contributed by atoms with E-state index in [1.165, 1.54) is 12.0 Å². The van der Waals surface area contributed by atoms with Gasteiger partial charge in [0.1, 0.15) is 5.75 Å². The minimum absolute atomic E-state index is 0.137. The molecule has 4 rings (SSSR count). The van der Waals surface area contributed by atoms with E-state index in [0.717, 1.165) is 5.56 Å². The lowest BCUT2D eigenvalue weighted by molar-refractivity contribution is 0.0824. The summed E-state index contributed by atoms with van der Waals surface area (Å²) < 4.78 is 27.7. The van der Waals surface area contributed by atoms with Gasteiger partial charge in [0.25, 0.3) is 5.91 Å². The molecule has 168 valence electrons. The van der Waals surface area contributed by atoms with Crippen LogP contribution in [-0.2, 0) is 6.61 Å². The molecule has 1 amide bonds. The van der Waals surface area contributed by atoms with Gasteiger partial charge in [-0.05, 0) is 35.2 Å². The summed E-state index contributed by atoms with van der Waals surface area (Å²) in [5, 5.41) is 11.7. The summed E-state index contributed by atoms with van der Waals surface area (Å²) >= 11 is 0. The van der Waals surface area contributed by atoms with Crippen LogP contribution in [0.3, 0.4) is 0 Å². The Morgan fingerprint density at radius 1 is 0.969 bits per heavy atom. The number of rotatable bonds is 6. The fourth-order valence-corrected chi connectivity index (χ4v) is 4.03. The first-order valence-corrected chi connectivity index (χ1v) is 9.96. The Morgan fingerprint density at radius 2 is 1.62 bits per heavy atom. The van der Waals surface area contributed by atoms with Gasteiger partial charge in [-0.2, -0.15) is 0 Å². The highest BCUT2D eigenvalue weighted by molar-refractivity contribution is 6.14. The second-order valence-electron chi connectivity index (χ2n) is 7.44. The average molecular weight is 439 g/mol. The Kier molecular flexibility index (Phi) is 5.71. The Labute approximate surface area is 185 Å². The molecule has 0 spiro atoms. The van der Waals surface area contributed by atoms with Crippen molar-refractivity contribution in [3.05, 3.63) is 41.5 Å². The number of nitrogens with zero attached hydrogens (tertiary/aromatic N) is 1. The Morgan fingerprint density at radius 3 is 2.22 bits per heavy atom. The molecule has 0 unspecified atom stereocenters. The molecule has 0 fully saturated rings. The highest BCUT2D eigenvalue weighted by Gasteiger charge is 2.28. The van der Waals surface area contributed by atoms with E-state index in [1.807, 2.05) is 18.2 Å². The third kappa shape index (κ3) is 3.33. The molecule has 0 radical (unpaired) electrons. The molecule has 32 heavy (non-hydrogen) atoms. The van der Waals surface area contributed by atoms with E-state index in [1.54, 1.807) is 40.4 Å². The van der Waals surface area contributed by atoms with Crippen LogP contribution in [0.4, 0.5) is 0 Å². The van der Waals surface area contributed by atoms with Gasteiger partial charge < -0.3 is 33.7 Å². The molecule has 0 saturated carbocycles. The van der Waals surface area contributed by atoms with Gasteiger partial charge in [0.05, 0.1) is 33.5 Å². The molecule has 0 bridgehead atoms. The summed E-state index contributed by atoms with van der Waals surface area (Å²) in [6.07, 6.45) is 0. The lowest BCUT2D eigenvalue weighted by Crippen LogP contribution is -2.24. The first kappa shape index (κ1) is 21.6. The van der Waals surface area contributed by atoms with Crippen molar-refractivity contribution in [3.63, 3.8) is 0 Å². The van der Waals surface area contributed by atoms with Gasteiger partial charge in [-0.3, -0.25) is 4.79 Å². The topological polar surface area (TPSA) is 86.7 Å². The fraction of sp³-hybridized carbons (Fsp3) is 0.292. The van der Waals surface area contributed by atoms with E-state index < -0.39 is 0 Å². The summed E-state index contributed by atoms with van der Waals surface area (Å²) in [6, 6.07) is 9.08. The van der Waals surface area contributed by atoms with Gasteiger partial charge in [0.15, 0.2) is 23.0 Å². The molecule has 3 aromatic rings. The van der Waals surface area contributed by atoms with Crippen molar-refractivity contribution >= 4 is 16.7 Å². The van der Waals surface area contributed by atoms with Gasteiger partial charge >= 0.3 is 0 Å². The highest BCUT2D eigenvalue weighted by atomic mass is 16.7. The van der Waals surface area contributed by atoms with E-state index in [4.69, 9.17) is 23.7 Å². The van der Waals surface area contributed by atoms with E-state index in [-0.39, 0.29) is 19.3 Å². The Hall–Kier alpha value is -3.65. The average Bonchev–Trinajstić information content (AvgIpc) is 3.28. The first-order chi connectivity index (χ1) is 15.4. The maximum atomic E-state index is 13.4. The molecule has 1 N–H and O–H groups in total. The third-order valence-electron chi connectivity index (χ3n) is 5.51. The van der Waals surface area contributed by atoms with E-state index in [2.05, 4.69) is 0 Å². The number of fused-ring (bicyclic) bond motifs is 2. The van der Waals surface area contributed by atoms with Gasteiger partial charge in [0, 0.05) is 30.6 Å². The zero-order valence-corrected chi connectivity index (χ0v) is 18.6. The molecule has 0 saturated heterocycles. The molecule has 8 nitrogen and oxygen atoms in total. The molecular weight excluding hydrogens is 414 g/mol. The number of benzene rings is 3. The summed E-state index contributed by atoms with van der Waals surface area (Å²) in [4.78, 5) is 14.9. The summed E-state index contributed by atoms with van der Waals surface area (Å²) in [6.45, 7) is -0.252. The number of aliphatic hydroxyl groups is 1. The summed E-state index contributed by atoms with van der Waals surface area (Å²) in [5.74, 6) is 2.36. The van der Waals surface area contributed by atoms with Crippen molar-refractivity contribution in [3.8, 4) is 39.9 Å². The normalized spacial score (nSPS) is 12.1. The molecule has 0 aliphatic carbocycles. The SMILES string of the molecule is COc1cc2c(OC)c(CO)c(C(=O)N(C)C)c(-c3ccc4c(c3)OCO4)c2cc1OC. The first-order valence-electron chi connectivity index (χ1n) is 9.96. The second kappa shape index (κ2) is 8.47. The summed E-state index contributed by atoms with van der Waals surface area (Å²) in [7, 11) is 7.94. The van der Waals surface area contributed by atoms with Crippen LogP contribution in [0.2, 0.25) is 0 Å². The van der Waals surface area contributed by atoms with Crippen LogP contribution in [0.15, 0.2) is 30.3 Å². The number of methoxy groups -OCH3 is 3. The van der Waals surface area contributed by atoms with Crippen LogP contribution in [0.25, 0.3) is 21.9 Å². The number of carbonyl (C=O) groups excluding carboxylic acids is 1. The number of hydrogen-bond donors (Lipinski definition) is 1. The Bertz CT molecular complexity index is 1200. The lowest BCUT2D eigenvalue weighted by atomic mass is 9.87. The van der Waals surface area contributed by atoms with Crippen molar-refractivity contribution < 1.29 is 33.6 Å². The predicted molar refractivity (Wildman–Crippen MR) is 119 cm³/mol. The van der Waals surface area contributed by atoms with Crippen molar-refractivity contribution in [2.45, 2.75) is 6.61 Å². The zero-order valence-electron chi connectivity index (χ0n) is 18.6. The molecular formula is C24H25NO7. The van der Waals surface area contributed by atoms with Crippen molar-refractivity contribution in [2.24, 2.45) is 0 Å². The largest absolute Gasteiger partial charge is 0.496 e. The van der Waals surface area contributed by atoms with Gasteiger partial charge in [-0.15, -0.1) is 0 Å².